The molecule has 0 aliphatic carbocycles. The normalized spacial score (nSPS) is 15.9. The van der Waals surface area contributed by atoms with Crippen LogP contribution in [-0.2, 0) is 12.6 Å². The van der Waals surface area contributed by atoms with E-state index in [1.807, 2.05) is 30.3 Å². The largest absolute Gasteiger partial charge is 0.508 e. The van der Waals surface area contributed by atoms with E-state index in [1.54, 1.807) is 35.2 Å². The summed E-state index contributed by atoms with van der Waals surface area (Å²) >= 11 is 0. The van der Waals surface area contributed by atoms with Crippen molar-refractivity contribution in [2.45, 2.75) is 25.7 Å². The summed E-state index contributed by atoms with van der Waals surface area (Å²) in [6.45, 7) is 1.94. The number of aromatic nitrogens is 1. The van der Waals surface area contributed by atoms with Crippen molar-refractivity contribution in [2.24, 2.45) is 4.99 Å². The minimum atomic E-state index is -4.59. The highest BCUT2D eigenvalue weighted by Crippen LogP contribution is 2.31. The second-order valence-corrected chi connectivity index (χ2v) is 7.21. The molecule has 7 heteroatoms. The number of aromatic hydroxyl groups is 1. The van der Waals surface area contributed by atoms with E-state index < -0.39 is 18.0 Å². The maximum atomic E-state index is 13.6. The molecular formula is C23H20F3N3O. The summed E-state index contributed by atoms with van der Waals surface area (Å²) in [6, 6.07) is 18.0. The number of hydrogen-bond acceptors (Lipinski definition) is 4. The first-order valence-corrected chi connectivity index (χ1v) is 9.55. The Hall–Kier alpha value is -3.35. The zero-order chi connectivity index (χ0) is 21.3. The van der Waals surface area contributed by atoms with E-state index >= 15 is 0 Å². The van der Waals surface area contributed by atoms with E-state index in [2.05, 4.69) is 9.98 Å². The molecule has 0 saturated carbocycles. The highest BCUT2D eigenvalue weighted by Gasteiger charge is 2.36. The Kier molecular flexibility index (Phi) is 5.20. The van der Waals surface area contributed by atoms with Crippen LogP contribution >= 0.6 is 0 Å². The highest BCUT2D eigenvalue weighted by molar-refractivity contribution is 5.39. The Balaban J connectivity index is 1.84. The van der Waals surface area contributed by atoms with E-state index in [0.717, 1.165) is 5.56 Å². The molecule has 1 atom stereocenters. The van der Waals surface area contributed by atoms with Gasteiger partial charge < -0.3 is 10.0 Å². The van der Waals surface area contributed by atoms with Gasteiger partial charge in [-0.05, 0) is 31.0 Å². The SMILES string of the molecule is Cc1cc2c(c(C(F)(F)F)n1)=CN(CCc1ccccc1)C(c1ccccc1O)N=2. The number of halogens is 3. The molecule has 154 valence electrons. The summed E-state index contributed by atoms with van der Waals surface area (Å²) in [5.41, 5.74) is 0.898. The number of phenolic OH excluding ortho intramolecular Hbond substituents is 1. The molecule has 0 spiro atoms. The van der Waals surface area contributed by atoms with Crippen LogP contribution in [0.25, 0.3) is 6.20 Å². The van der Waals surface area contributed by atoms with Gasteiger partial charge in [-0.15, -0.1) is 0 Å². The number of aryl methyl sites for hydroxylation is 1. The number of phenols is 1. The first kappa shape index (κ1) is 19.9. The number of alkyl halides is 3. The molecule has 0 amide bonds. The molecule has 4 nitrogen and oxygen atoms in total. The quantitative estimate of drug-likeness (QED) is 0.712. The van der Waals surface area contributed by atoms with Crippen molar-refractivity contribution in [2.75, 3.05) is 6.54 Å². The number of nitrogens with zero attached hydrogens (tertiary/aromatic N) is 3. The van der Waals surface area contributed by atoms with Crippen molar-refractivity contribution in [3.05, 3.63) is 93.8 Å². The predicted octanol–water partition coefficient (Wildman–Crippen LogP) is 3.73. The Morgan fingerprint density at radius 1 is 1.03 bits per heavy atom. The van der Waals surface area contributed by atoms with Gasteiger partial charge in [-0.1, -0.05) is 48.5 Å². The number of benzene rings is 2. The lowest BCUT2D eigenvalue weighted by Gasteiger charge is -2.31. The average molecular weight is 411 g/mol. The fourth-order valence-electron chi connectivity index (χ4n) is 3.60. The Bertz CT molecular complexity index is 1180. The molecule has 1 aliphatic rings. The molecule has 1 aromatic heterocycles. The summed E-state index contributed by atoms with van der Waals surface area (Å²) in [7, 11) is 0. The van der Waals surface area contributed by atoms with Crippen LogP contribution < -0.4 is 10.6 Å². The van der Waals surface area contributed by atoms with E-state index in [9.17, 15) is 18.3 Å². The van der Waals surface area contributed by atoms with Gasteiger partial charge in [0.2, 0.25) is 0 Å². The van der Waals surface area contributed by atoms with Crippen LogP contribution in [-0.4, -0.2) is 21.5 Å². The van der Waals surface area contributed by atoms with Crippen LogP contribution in [0.15, 0.2) is 65.7 Å². The molecule has 0 saturated heterocycles. The molecule has 4 rings (SSSR count). The Morgan fingerprint density at radius 2 is 1.73 bits per heavy atom. The molecular weight excluding hydrogens is 391 g/mol. The maximum absolute atomic E-state index is 13.6. The van der Waals surface area contributed by atoms with Gasteiger partial charge in [0.1, 0.15) is 5.75 Å². The van der Waals surface area contributed by atoms with Crippen molar-refractivity contribution < 1.29 is 18.3 Å². The molecule has 3 aromatic rings. The Morgan fingerprint density at radius 3 is 2.43 bits per heavy atom. The minimum Gasteiger partial charge on any atom is -0.508 e. The van der Waals surface area contributed by atoms with Crippen LogP contribution in [0.2, 0.25) is 0 Å². The molecule has 0 bridgehead atoms. The molecule has 2 heterocycles. The average Bonchev–Trinajstić information content (AvgIpc) is 2.71. The second kappa shape index (κ2) is 7.82. The summed E-state index contributed by atoms with van der Waals surface area (Å²) in [5.74, 6) is 0.0506. The van der Waals surface area contributed by atoms with Gasteiger partial charge in [-0.3, -0.25) is 4.99 Å². The van der Waals surface area contributed by atoms with Gasteiger partial charge in [0.15, 0.2) is 11.9 Å². The van der Waals surface area contributed by atoms with Crippen molar-refractivity contribution in [1.29, 1.82) is 0 Å². The molecule has 0 fully saturated rings. The lowest BCUT2D eigenvalue weighted by atomic mass is 10.1. The van der Waals surface area contributed by atoms with Gasteiger partial charge in [-0.25, -0.2) is 4.98 Å². The van der Waals surface area contributed by atoms with Gasteiger partial charge in [0, 0.05) is 29.2 Å². The van der Waals surface area contributed by atoms with E-state index in [0.29, 0.717) is 18.5 Å². The molecule has 1 N–H and O–H groups in total. The first-order valence-electron chi connectivity index (χ1n) is 9.55. The van der Waals surface area contributed by atoms with Crippen LogP contribution in [0.3, 0.4) is 0 Å². The number of pyridine rings is 1. The van der Waals surface area contributed by atoms with E-state index in [1.165, 1.54) is 13.1 Å². The predicted molar refractivity (Wildman–Crippen MR) is 107 cm³/mol. The van der Waals surface area contributed by atoms with Gasteiger partial charge in [0.25, 0.3) is 0 Å². The number of hydrogen-bond donors (Lipinski definition) is 1. The summed E-state index contributed by atoms with van der Waals surface area (Å²) < 4.78 is 40.9. The van der Waals surface area contributed by atoms with Gasteiger partial charge in [-0.2, -0.15) is 13.2 Å². The van der Waals surface area contributed by atoms with Gasteiger partial charge in [0.05, 0.1) is 5.36 Å². The fraction of sp³-hybridized carbons (Fsp3) is 0.217. The first-order chi connectivity index (χ1) is 14.3. The van der Waals surface area contributed by atoms with Crippen molar-refractivity contribution in [3.8, 4) is 5.75 Å². The third kappa shape index (κ3) is 4.01. The number of fused-ring (bicyclic) bond motifs is 1. The molecule has 1 aliphatic heterocycles. The van der Waals surface area contributed by atoms with Crippen molar-refractivity contribution in [3.63, 3.8) is 0 Å². The van der Waals surface area contributed by atoms with E-state index in [4.69, 9.17) is 0 Å². The smallest absolute Gasteiger partial charge is 0.434 e. The summed E-state index contributed by atoms with van der Waals surface area (Å²) in [5, 5.41) is 10.5. The Labute approximate surface area is 171 Å². The number of rotatable bonds is 4. The second-order valence-electron chi connectivity index (χ2n) is 7.21. The monoisotopic (exact) mass is 411 g/mol. The van der Waals surface area contributed by atoms with Crippen LogP contribution in [0, 0.1) is 6.92 Å². The molecule has 0 radical (unpaired) electrons. The summed E-state index contributed by atoms with van der Waals surface area (Å²) in [6.07, 6.45) is -3.13. The molecule has 2 aromatic carbocycles. The van der Waals surface area contributed by atoms with Crippen LogP contribution in [0.5, 0.6) is 5.75 Å². The van der Waals surface area contributed by atoms with Crippen molar-refractivity contribution >= 4 is 6.20 Å². The van der Waals surface area contributed by atoms with Crippen LogP contribution in [0.1, 0.15) is 28.7 Å². The topological polar surface area (TPSA) is 48.7 Å². The highest BCUT2D eigenvalue weighted by atomic mass is 19.4. The lowest BCUT2D eigenvalue weighted by Crippen LogP contribution is -2.43. The summed E-state index contributed by atoms with van der Waals surface area (Å²) in [4.78, 5) is 10.1. The fourth-order valence-corrected chi connectivity index (χ4v) is 3.60. The van der Waals surface area contributed by atoms with Gasteiger partial charge >= 0.3 is 6.18 Å². The minimum absolute atomic E-state index is 0.0483. The zero-order valence-corrected chi connectivity index (χ0v) is 16.3. The maximum Gasteiger partial charge on any atom is 0.434 e. The standard InChI is InChI=1S/C23H20F3N3O/c1-15-13-19-18(21(27-15)23(24,25)26)14-29(12-11-16-7-3-2-4-8-16)22(28-19)17-9-5-6-10-20(17)30/h2-10,13-14,22,30H,11-12H2,1H3. The molecule has 30 heavy (non-hydrogen) atoms. The van der Waals surface area contributed by atoms with E-state index in [-0.39, 0.29) is 22.0 Å². The zero-order valence-electron chi connectivity index (χ0n) is 16.3. The molecule has 1 unspecified atom stereocenters. The van der Waals surface area contributed by atoms with Crippen LogP contribution in [0.4, 0.5) is 13.2 Å². The lowest BCUT2D eigenvalue weighted by molar-refractivity contribution is -0.142. The third-order valence-corrected chi connectivity index (χ3v) is 5.02. The van der Waals surface area contributed by atoms with Crippen molar-refractivity contribution in [1.82, 2.24) is 9.88 Å². The third-order valence-electron chi connectivity index (χ3n) is 5.02. The number of para-hydroxylation sites is 1.